The fourth-order valence-electron chi connectivity index (χ4n) is 4.24. The summed E-state index contributed by atoms with van der Waals surface area (Å²) in [4.78, 5) is 22.9. The van der Waals surface area contributed by atoms with Crippen LogP contribution in [-0.2, 0) is 27.5 Å². The number of nitrogens with zero attached hydrogens (tertiary/aromatic N) is 6. The molecule has 1 amide bonds. The minimum absolute atomic E-state index is 0.00168. The molecule has 3 aromatic heterocycles. The third-order valence-electron chi connectivity index (χ3n) is 6.46. The Hall–Kier alpha value is -4.08. The normalized spacial score (nSPS) is 14.9. The first-order valence-corrected chi connectivity index (χ1v) is 13.9. The number of aromatic nitrogens is 4. The number of benzene rings is 1. The van der Waals surface area contributed by atoms with Crippen molar-refractivity contribution in [1.29, 1.82) is 0 Å². The summed E-state index contributed by atoms with van der Waals surface area (Å²) in [5.41, 5.74) is -0.167. The van der Waals surface area contributed by atoms with E-state index in [0.717, 1.165) is 12.1 Å². The molecule has 0 radical (unpaired) electrons. The lowest BCUT2D eigenvalue weighted by Gasteiger charge is -2.33. The molecule has 1 saturated heterocycles. The summed E-state index contributed by atoms with van der Waals surface area (Å²) in [6.07, 6.45) is -1.03. The maximum absolute atomic E-state index is 13.1. The first kappa shape index (κ1) is 28.4. The molecule has 11 nitrogen and oxygen atoms in total. The van der Waals surface area contributed by atoms with E-state index < -0.39 is 21.8 Å². The third-order valence-corrected chi connectivity index (χ3v) is 8.32. The van der Waals surface area contributed by atoms with Crippen molar-refractivity contribution in [1.82, 2.24) is 29.0 Å². The molecule has 1 fully saturated rings. The lowest BCUT2D eigenvalue weighted by molar-refractivity contribution is -0.137. The fraction of sp³-hybridized carbons (Fsp3) is 0.308. The number of sulfonamides is 1. The van der Waals surface area contributed by atoms with Gasteiger partial charge in [-0.05, 0) is 30.3 Å². The molecule has 0 bridgehead atoms. The molecule has 0 N–H and O–H groups in total. The Bertz CT molecular complexity index is 1650. The summed E-state index contributed by atoms with van der Waals surface area (Å²) >= 11 is 0. The molecular formula is C26H25F3N6O5S. The number of piperazine rings is 1. The van der Waals surface area contributed by atoms with Crippen LogP contribution in [0.1, 0.15) is 16.1 Å². The lowest BCUT2D eigenvalue weighted by atomic mass is 10.2. The van der Waals surface area contributed by atoms with Gasteiger partial charge in [0.1, 0.15) is 16.3 Å². The molecule has 4 aromatic rings. The average molecular weight is 591 g/mol. The van der Waals surface area contributed by atoms with E-state index in [4.69, 9.17) is 9.47 Å². The maximum Gasteiger partial charge on any atom is 0.417 e. The van der Waals surface area contributed by atoms with Crippen LogP contribution in [0.3, 0.4) is 0 Å². The molecule has 1 aliphatic heterocycles. The van der Waals surface area contributed by atoms with Crippen LogP contribution in [-0.4, -0.2) is 83.2 Å². The molecular weight excluding hydrogens is 565 g/mol. The number of ether oxygens (including phenoxy) is 2. The zero-order valence-corrected chi connectivity index (χ0v) is 22.6. The molecule has 216 valence electrons. The summed E-state index contributed by atoms with van der Waals surface area (Å²) in [5.74, 6) is 0.0102. The summed E-state index contributed by atoms with van der Waals surface area (Å²) in [6.45, 7) is 1.48. The number of hydrogen-bond acceptors (Lipinski definition) is 8. The molecule has 5 rings (SSSR count). The Labute approximate surface area is 233 Å². The number of fused-ring (bicyclic) bond motifs is 1. The number of pyridine rings is 2. The highest BCUT2D eigenvalue weighted by atomic mass is 32.2. The van der Waals surface area contributed by atoms with E-state index in [1.165, 1.54) is 21.4 Å². The van der Waals surface area contributed by atoms with Gasteiger partial charge in [0, 0.05) is 57.1 Å². The fourth-order valence-corrected chi connectivity index (χ4v) is 5.62. The van der Waals surface area contributed by atoms with Crippen molar-refractivity contribution in [2.75, 3.05) is 39.9 Å². The topological polar surface area (TPSA) is 120 Å². The number of methoxy groups -OCH3 is 1. The van der Waals surface area contributed by atoms with Gasteiger partial charge in [-0.3, -0.25) is 9.48 Å². The lowest BCUT2D eigenvalue weighted by Crippen LogP contribution is -2.50. The molecule has 4 heterocycles. The highest BCUT2D eigenvalue weighted by molar-refractivity contribution is 7.89. The first-order chi connectivity index (χ1) is 19.5. The predicted molar refractivity (Wildman–Crippen MR) is 140 cm³/mol. The predicted octanol–water partition coefficient (Wildman–Crippen LogP) is 3.43. The Morgan fingerprint density at radius 1 is 1.02 bits per heavy atom. The van der Waals surface area contributed by atoms with E-state index in [0.29, 0.717) is 36.0 Å². The van der Waals surface area contributed by atoms with Crippen LogP contribution in [0, 0.1) is 0 Å². The van der Waals surface area contributed by atoms with E-state index in [9.17, 15) is 26.4 Å². The zero-order valence-electron chi connectivity index (χ0n) is 21.8. The van der Waals surface area contributed by atoms with E-state index in [-0.39, 0.29) is 48.6 Å². The molecule has 0 atom stereocenters. The number of carbonyl (C=O) groups is 1. The molecule has 1 aromatic carbocycles. The number of hydrogen-bond donors (Lipinski definition) is 0. The summed E-state index contributed by atoms with van der Waals surface area (Å²) < 4.78 is 77.7. The Kier molecular flexibility index (Phi) is 7.93. The zero-order chi connectivity index (χ0) is 29.2. The van der Waals surface area contributed by atoms with Crippen molar-refractivity contribution in [3.63, 3.8) is 0 Å². The highest BCUT2D eigenvalue weighted by Gasteiger charge is 2.32. The Balaban J connectivity index is 1.21. The second-order valence-corrected chi connectivity index (χ2v) is 11.1. The van der Waals surface area contributed by atoms with Crippen molar-refractivity contribution in [2.24, 2.45) is 0 Å². The molecule has 41 heavy (non-hydrogen) atoms. The van der Waals surface area contributed by atoms with Gasteiger partial charge in [0.25, 0.3) is 5.91 Å². The van der Waals surface area contributed by atoms with Crippen LogP contribution in [0.25, 0.3) is 10.9 Å². The van der Waals surface area contributed by atoms with E-state index >= 15 is 0 Å². The van der Waals surface area contributed by atoms with Gasteiger partial charge in [-0.15, -0.1) is 0 Å². The standard InChI is InChI=1S/C26H25F3N6O5S/c1-39-13-12-34-17-21(16-31-34)41(37,38)35-10-8-33(9-11-35)25(36)23-5-2-18-14-20(4-6-22(18)32-23)40-24-7-3-19(15-30-24)26(27,28)29/h2-7,14-17H,8-13H2,1H3. The van der Waals surface area contributed by atoms with Crippen molar-refractivity contribution >= 4 is 26.8 Å². The number of rotatable bonds is 8. The van der Waals surface area contributed by atoms with Crippen LogP contribution in [0.15, 0.2) is 66.0 Å². The number of carbonyl (C=O) groups excluding carboxylic acids is 1. The summed E-state index contributed by atoms with van der Waals surface area (Å²) in [6, 6.07) is 10.1. The Morgan fingerprint density at radius 3 is 2.49 bits per heavy atom. The van der Waals surface area contributed by atoms with Gasteiger partial charge in [0.15, 0.2) is 0 Å². The monoisotopic (exact) mass is 590 g/mol. The number of alkyl halides is 3. The van der Waals surface area contributed by atoms with Gasteiger partial charge in [-0.2, -0.15) is 22.6 Å². The van der Waals surface area contributed by atoms with E-state index in [1.807, 2.05) is 0 Å². The summed E-state index contributed by atoms with van der Waals surface area (Å²) in [5, 5.41) is 4.72. The van der Waals surface area contributed by atoms with Crippen molar-refractivity contribution in [3.8, 4) is 11.6 Å². The molecule has 0 aliphatic carbocycles. The molecule has 1 aliphatic rings. The maximum atomic E-state index is 13.1. The summed E-state index contributed by atoms with van der Waals surface area (Å²) in [7, 11) is -2.21. The van der Waals surface area contributed by atoms with Crippen molar-refractivity contribution in [2.45, 2.75) is 17.6 Å². The van der Waals surface area contributed by atoms with Gasteiger partial charge in [0.2, 0.25) is 15.9 Å². The average Bonchev–Trinajstić information content (AvgIpc) is 3.45. The second kappa shape index (κ2) is 11.4. The highest BCUT2D eigenvalue weighted by Crippen LogP contribution is 2.30. The molecule has 0 spiro atoms. The largest absolute Gasteiger partial charge is 0.439 e. The van der Waals surface area contributed by atoms with Crippen LogP contribution >= 0.6 is 0 Å². The number of amides is 1. The second-order valence-electron chi connectivity index (χ2n) is 9.16. The van der Waals surface area contributed by atoms with E-state index in [1.54, 1.807) is 42.3 Å². The van der Waals surface area contributed by atoms with E-state index in [2.05, 4.69) is 15.1 Å². The van der Waals surface area contributed by atoms with Crippen LogP contribution < -0.4 is 4.74 Å². The molecule has 0 saturated carbocycles. The van der Waals surface area contributed by atoms with Crippen molar-refractivity contribution < 1.29 is 35.9 Å². The van der Waals surface area contributed by atoms with Gasteiger partial charge in [0.05, 0.1) is 30.4 Å². The van der Waals surface area contributed by atoms with Gasteiger partial charge >= 0.3 is 6.18 Å². The Morgan fingerprint density at radius 2 is 1.80 bits per heavy atom. The van der Waals surface area contributed by atoms with Gasteiger partial charge in [-0.25, -0.2) is 18.4 Å². The smallest absolute Gasteiger partial charge is 0.417 e. The van der Waals surface area contributed by atoms with Crippen LogP contribution in [0.5, 0.6) is 11.6 Å². The quantitative estimate of drug-likeness (QED) is 0.306. The van der Waals surface area contributed by atoms with Crippen LogP contribution in [0.4, 0.5) is 13.2 Å². The van der Waals surface area contributed by atoms with Crippen LogP contribution in [0.2, 0.25) is 0 Å². The first-order valence-electron chi connectivity index (χ1n) is 12.5. The van der Waals surface area contributed by atoms with Gasteiger partial charge in [-0.1, -0.05) is 6.07 Å². The number of halogens is 3. The molecule has 0 unspecified atom stereocenters. The third kappa shape index (κ3) is 6.31. The SMILES string of the molecule is COCCn1cc(S(=O)(=O)N2CCN(C(=O)c3ccc4cc(Oc5ccc(C(F)(F)F)cn5)ccc4n3)CC2)cn1. The molecule has 15 heteroatoms. The van der Waals surface area contributed by atoms with Gasteiger partial charge < -0.3 is 14.4 Å². The van der Waals surface area contributed by atoms with Crippen molar-refractivity contribution in [3.05, 3.63) is 72.3 Å². The minimum atomic E-state index is -4.49. The minimum Gasteiger partial charge on any atom is -0.439 e.